The number of carbonyl (C=O) groups is 3. The molecule has 0 spiro atoms. The SMILES string of the molecule is COC(=O)N[C@H](C(=O)N[C@H]1CCC[C@@H]1Nc1ncc(-c2ccc3cc(-c4cnc([C@@H]5CCCN5C(=O)[C@@H](C)C(C)C)[nH]4)ccc3c2)cn1)C(C)C.S.S.S.S.S. The molecule has 2 aromatic carbocycles. The van der Waals surface area contributed by atoms with Gasteiger partial charge in [0.1, 0.15) is 11.9 Å². The zero-order valence-electron chi connectivity index (χ0n) is 32.9. The molecule has 4 N–H and O–H groups in total. The van der Waals surface area contributed by atoms with E-state index in [1.54, 1.807) is 0 Å². The highest BCUT2D eigenvalue weighted by Gasteiger charge is 2.35. The molecule has 310 valence electrons. The third-order valence-corrected chi connectivity index (χ3v) is 10.5. The summed E-state index contributed by atoms with van der Waals surface area (Å²) < 4.78 is 4.70. The van der Waals surface area contributed by atoms with Crippen LogP contribution < -0.4 is 16.0 Å². The molecule has 2 aliphatic rings. The molecular weight excluding hydrogens is 805 g/mol. The molecule has 0 bridgehead atoms. The molecule has 0 radical (unpaired) electrons. The Morgan fingerprint density at radius 2 is 1.39 bits per heavy atom. The lowest BCUT2D eigenvalue weighted by Crippen LogP contribution is -2.54. The number of hydrogen-bond donors (Lipinski definition) is 4. The van der Waals surface area contributed by atoms with Crippen LogP contribution in [0.3, 0.4) is 0 Å². The molecule has 6 rings (SSSR count). The van der Waals surface area contributed by atoms with Crippen molar-refractivity contribution in [2.24, 2.45) is 17.8 Å². The molecule has 3 amide bonds. The molecule has 1 aliphatic carbocycles. The Balaban J connectivity index is 0.00000314. The van der Waals surface area contributed by atoms with Crippen molar-refractivity contribution in [3.05, 3.63) is 60.8 Å². The number of rotatable bonds is 11. The fraction of sp³-hybridized carbons (Fsp3) is 0.487. The summed E-state index contributed by atoms with van der Waals surface area (Å²) in [5, 5.41) is 11.3. The highest BCUT2D eigenvalue weighted by molar-refractivity contribution is 7.60. The third kappa shape index (κ3) is 11.7. The van der Waals surface area contributed by atoms with E-state index in [1.165, 1.54) is 7.11 Å². The lowest BCUT2D eigenvalue weighted by molar-refractivity contribution is -0.137. The Labute approximate surface area is 365 Å². The summed E-state index contributed by atoms with van der Waals surface area (Å²) in [6, 6.07) is 11.8. The molecule has 1 aliphatic heterocycles. The highest BCUT2D eigenvalue weighted by Crippen LogP contribution is 2.34. The zero-order valence-corrected chi connectivity index (χ0v) is 37.9. The van der Waals surface area contributed by atoms with Gasteiger partial charge in [0.05, 0.1) is 25.0 Å². The molecule has 2 aromatic heterocycles. The van der Waals surface area contributed by atoms with Gasteiger partial charge in [-0.15, -0.1) is 0 Å². The summed E-state index contributed by atoms with van der Waals surface area (Å²) >= 11 is 0. The number of amides is 3. The van der Waals surface area contributed by atoms with Crippen molar-refractivity contribution in [3.8, 4) is 22.4 Å². The summed E-state index contributed by atoms with van der Waals surface area (Å²) in [6.07, 6.45) is 9.42. The Kier molecular flexibility index (Phi) is 20.5. The summed E-state index contributed by atoms with van der Waals surface area (Å²) in [6.45, 7) is 10.8. The predicted molar refractivity (Wildman–Crippen MR) is 250 cm³/mol. The minimum atomic E-state index is -0.689. The second-order valence-electron chi connectivity index (χ2n) is 14.6. The Morgan fingerprint density at radius 1 is 0.768 bits per heavy atom. The van der Waals surface area contributed by atoms with Crippen molar-refractivity contribution in [2.75, 3.05) is 19.0 Å². The lowest BCUT2D eigenvalue weighted by Gasteiger charge is -2.27. The molecular formula is C39H60N8O4S5. The maximum atomic E-state index is 13.2. The molecule has 5 atom stereocenters. The van der Waals surface area contributed by atoms with Gasteiger partial charge < -0.3 is 30.6 Å². The number of methoxy groups -OCH3 is 1. The smallest absolute Gasteiger partial charge is 0.407 e. The van der Waals surface area contributed by atoms with Crippen LogP contribution in [0.5, 0.6) is 0 Å². The second kappa shape index (κ2) is 22.6. The van der Waals surface area contributed by atoms with E-state index >= 15 is 0 Å². The summed E-state index contributed by atoms with van der Waals surface area (Å²) in [5.74, 6) is 1.51. The molecule has 1 saturated carbocycles. The van der Waals surface area contributed by atoms with Crippen molar-refractivity contribution in [2.45, 2.75) is 90.9 Å². The molecule has 2 fully saturated rings. The number of nitrogens with one attached hydrogen (secondary N) is 4. The van der Waals surface area contributed by atoms with E-state index in [1.807, 2.05) is 44.3 Å². The van der Waals surface area contributed by atoms with Crippen molar-refractivity contribution in [1.29, 1.82) is 0 Å². The quantitative estimate of drug-likeness (QED) is 0.125. The summed E-state index contributed by atoms with van der Waals surface area (Å²) in [4.78, 5) is 57.4. The van der Waals surface area contributed by atoms with Crippen molar-refractivity contribution >= 4 is 102 Å². The van der Waals surface area contributed by atoms with E-state index in [0.717, 1.165) is 77.6 Å². The topological polar surface area (TPSA) is 154 Å². The van der Waals surface area contributed by atoms with Gasteiger partial charge in [-0.3, -0.25) is 9.59 Å². The van der Waals surface area contributed by atoms with Gasteiger partial charge in [0.2, 0.25) is 17.8 Å². The van der Waals surface area contributed by atoms with E-state index in [4.69, 9.17) is 9.72 Å². The number of nitrogens with zero attached hydrogens (tertiary/aromatic N) is 4. The Hall–Kier alpha value is -3.25. The first-order valence-electron chi connectivity index (χ1n) is 18.2. The van der Waals surface area contributed by atoms with Gasteiger partial charge in [-0.2, -0.15) is 67.5 Å². The minimum absolute atomic E-state index is 0. The van der Waals surface area contributed by atoms with Gasteiger partial charge in [0.25, 0.3) is 0 Å². The van der Waals surface area contributed by atoms with Crippen LogP contribution in [-0.2, 0) is 14.3 Å². The summed E-state index contributed by atoms with van der Waals surface area (Å²) in [5.41, 5.74) is 3.89. The first-order chi connectivity index (χ1) is 24.5. The largest absolute Gasteiger partial charge is 0.453 e. The first kappa shape index (κ1) is 50.8. The van der Waals surface area contributed by atoms with Crippen molar-refractivity contribution in [3.63, 3.8) is 0 Å². The fourth-order valence-electron chi connectivity index (χ4n) is 7.12. The zero-order chi connectivity index (χ0) is 36.2. The first-order valence-corrected chi connectivity index (χ1v) is 18.2. The molecule has 0 unspecified atom stereocenters. The van der Waals surface area contributed by atoms with Gasteiger partial charge in [0.15, 0.2) is 0 Å². The number of imidazole rings is 1. The maximum absolute atomic E-state index is 13.2. The molecule has 3 heterocycles. The average Bonchev–Trinajstić information content (AvgIpc) is 3.91. The number of hydrogen-bond acceptors (Lipinski definition) is 8. The van der Waals surface area contributed by atoms with E-state index in [9.17, 15) is 14.4 Å². The van der Waals surface area contributed by atoms with Crippen LogP contribution in [0.1, 0.15) is 78.6 Å². The van der Waals surface area contributed by atoms with Crippen LogP contribution in [-0.4, -0.2) is 74.5 Å². The maximum Gasteiger partial charge on any atom is 0.407 e. The number of fused-ring (bicyclic) bond motifs is 1. The average molecular weight is 865 g/mol. The van der Waals surface area contributed by atoms with Crippen molar-refractivity contribution < 1.29 is 19.1 Å². The fourth-order valence-corrected chi connectivity index (χ4v) is 7.12. The van der Waals surface area contributed by atoms with Gasteiger partial charge in [-0.05, 0) is 72.4 Å². The van der Waals surface area contributed by atoms with Gasteiger partial charge in [0, 0.05) is 48.1 Å². The number of alkyl carbamates (subject to hydrolysis) is 1. The molecule has 4 aromatic rings. The van der Waals surface area contributed by atoms with E-state index in [2.05, 4.69) is 81.1 Å². The number of ether oxygens (including phenoxy) is 1. The number of H-pyrrole nitrogens is 1. The molecule has 56 heavy (non-hydrogen) atoms. The lowest BCUT2D eigenvalue weighted by atomic mass is 9.96. The predicted octanol–water partition coefficient (Wildman–Crippen LogP) is 7.04. The van der Waals surface area contributed by atoms with Crippen LogP contribution >= 0.6 is 67.5 Å². The van der Waals surface area contributed by atoms with Crippen LogP contribution in [0.25, 0.3) is 33.2 Å². The van der Waals surface area contributed by atoms with E-state index in [0.29, 0.717) is 11.9 Å². The number of aromatic amines is 1. The van der Waals surface area contributed by atoms with Crippen LogP contribution in [0, 0.1) is 17.8 Å². The van der Waals surface area contributed by atoms with E-state index < -0.39 is 12.1 Å². The third-order valence-electron chi connectivity index (χ3n) is 10.5. The van der Waals surface area contributed by atoms with Crippen LogP contribution in [0.4, 0.5) is 10.7 Å². The Bertz CT molecular complexity index is 1880. The van der Waals surface area contributed by atoms with Crippen LogP contribution in [0.2, 0.25) is 0 Å². The van der Waals surface area contributed by atoms with E-state index in [-0.39, 0.29) is 109 Å². The minimum Gasteiger partial charge on any atom is -0.453 e. The van der Waals surface area contributed by atoms with Gasteiger partial charge in [-0.1, -0.05) is 58.9 Å². The number of benzene rings is 2. The number of carbonyl (C=O) groups excluding carboxylic acids is 3. The second-order valence-corrected chi connectivity index (χ2v) is 14.6. The van der Waals surface area contributed by atoms with Crippen molar-refractivity contribution in [1.82, 2.24) is 35.5 Å². The van der Waals surface area contributed by atoms with Gasteiger partial charge >= 0.3 is 6.09 Å². The molecule has 17 heteroatoms. The number of likely N-dealkylation sites (tertiary alicyclic amines) is 1. The van der Waals surface area contributed by atoms with Crippen LogP contribution in [0.15, 0.2) is 55.0 Å². The number of aromatic nitrogens is 4. The van der Waals surface area contributed by atoms with Gasteiger partial charge in [-0.25, -0.2) is 19.7 Å². The molecule has 1 saturated heterocycles. The summed E-state index contributed by atoms with van der Waals surface area (Å²) in [7, 11) is 1.28. The normalized spacial score (nSPS) is 18.3. The standard InChI is InChI=1S/C39H50N8O4.5H2S/c1-22(2)24(5)37(49)47-16-8-11-33(47)35-40-21-32(43-35)28-15-14-25-17-27(13-12-26(25)18-28)29-19-41-38(42-20-29)45-31-10-7-9-30(31)44-36(48)34(23(3)4)46-39(50)51-6;;;;;/h12-15,17-24,30-31,33-34H,7-11,16H2,1-6H3,(H,40,43)(H,44,48)(H,46,50)(H,41,42,45);5*1H2/t24-,30-,31-,33-,34-;;;;;/m0...../s1. The highest BCUT2D eigenvalue weighted by atomic mass is 32.1. The Morgan fingerprint density at radius 3 is 2.02 bits per heavy atom. The number of anilines is 1. The monoisotopic (exact) mass is 864 g/mol. The molecule has 12 nitrogen and oxygen atoms in total.